The lowest BCUT2D eigenvalue weighted by atomic mass is 10.1. The number of morpholine rings is 1. The molecule has 0 radical (unpaired) electrons. The number of halogens is 5. The van der Waals surface area contributed by atoms with Crippen molar-refractivity contribution in [3.63, 3.8) is 0 Å². The standard InChI is InChI=1S/C27H28ClF4N5O/c1-17-15-37(16-18(2)38-17)25-14-20(13-24(34-25)19-5-6-23(29)22(28)12-19)35-8-10-36(11-9-35)26-21(27(30,31)32)4-3-7-33-26/h3-7,12-14,17-18H,8-11,15-16H2,1-2H3/t17-,18+. The zero-order valence-electron chi connectivity index (χ0n) is 21.1. The monoisotopic (exact) mass is 549 g/mol. The molecule has 0 unspecified atom stereocenters. The molecule has 2 saturated heterocycles. The first kappa shape index (κ1) is 26.5. The molecule has 11 heteroatoms. The van der Waals surface area contributed by atoms with Crippen molar-refractivity contribution in [2.24, 2.45) is 0 Å². The van der Waals surface area contributed by atoms with Crippen LogP contribution in [0, 0.1) is 5.82 Å². The van der Waals surface area contributed by atoms with Crippen LogP contribution in [-0.2, 0) is 10.9 Å². The van der Waals surface area contributed by atoms with Gasteiger partial charge in [0.1, 0.15) is 17.5 Å². The number of nitrogens with zero attached hydrogens (tertiary/aromatic N) is 5. The van der Waals surface area contributed by atoms with E-state index in [0.717, 1.165) is 17.6 Å². The second-order valence-corrected chi connectivity index (χ2v) is 10.1. The van der Waals surface area contributed by atoms with E-state index in [0.29, 0.717) is 50.5 Å². The third kappa shape index (κ3) is 5.66. The molecule has 2 aliphatic heterocycles. The average molecular weight is 550 g/mol. The van der Waals surface area contributed by atoms with Crippen LogP contribution >= 0.6 is 11.6 Å². The fourth-order valence-corrected chi connectivity index (χ4v) is 5.24. The van der Waals surface area contributed by atoms with Gasteiger partial charge in [-0.3, -0.25) is 0 Å². The molecule has 6 nitrogen and oxygen atoms in total. The number of piperazine rings is 1. The molecule has 2 aliphatic rings. The van der Waals surface area contributed by atoms with Gasteiger partial charge in [-0.2, -0.15) is 13.2 Å². The molecule has 0 aliphatic carbocycles. The second kappa shape index (κ2) is 10.6. The molecule has 2 fully saturated rings. The molecule has 2 aromatic heterocycles. The van der Waals surface area contributed by atoms with Crippen molar-refractivity contribution in [3.05, 3.63) is 65.1 Å². The van der Waals surface area contributed by atoms with Gasteiger partial charge in [0.05, 0.1) is 28.5 Å². The van der Waals surface area contributed by atoms with Gasteiger partial charge in [-0.25, -0.2) is 14.4 Å². The summed E-state index contributed by atoms with van der Waals surface area (Å²) in [4.78, 5) is 14.9. The Morgan fingerprint density at radius 3 is 2.26 bits per heavy atom. The van der Waals surface area contributed by atoms with E-state index in [9.17, 15) is 17.6 Å². The van der Waals surface area contributed by atoms with Crippen LogP contribution in [0.5, 0.6) is 0 Å². The zero-order valence-corrected chi connectivity index (χ0v) is 21.8. The molecule has 202 valence electrons. The van der Waals surface area contributed by atoms with Crippen molar-refractivity contribution < 1.29 is 22.3 Å². The first-order valence-electron chi connectivity index (χ1n) is 12.5. The summed E-state index contributed by atoms with van der Waals surface area (Å²) in [6.07, 6.45) is -3.04. The third-order valence-corrected chi connectivity index (χ3v) is 7.08. The van der Waals surface area contributed by atoms with Crippen molar-refractivity contribution >= 4 is 28.9 Å². The molecule has 0 bridgehead atoms. The van der Waals surface area contributed by atoms with E-state index >= 15 is 0 Å². The Balaban J connectivity index is 1.45. The fraction of sp³-hybridized carbons (Fsp3) is 0.407. The van der Waals surface area contributed by atoms with Gasteiger partial charge in [-0.1, -0.05) is 11.6 Å². The molecule has 38 heavy (non-hydrogen) atoms. The van der Waals surface area contributed by atoms with Crippen LogP contribution in [0.4, 0.5) is 34.9 Å². The lowest BCUT2D eigenvalue weighted by molar-refractivity contribution is -0.137. The van der Waals surface area contributed by atoms with Crippen molar-refractivity contribution in [2.75, 3.05) is 54.0 Å². The molecule has 0 N–H and O–H groups in total. The van der Waals surface area contributed by atoms with E-state index in [1.54, 1.807) is 17.0 Å². The Kier molecular flexibility index (Phi) is 7.37. The normalized spacial score (nSPS) is 20.7. The molecular weight excluding hydrogens is 522 g/mol. The minimum Gasteiger partial charge on any atom is -0.372 e. The Labute approximate surface area is 223 Å². The molecule has 0 spiro atoms. The van der Waals surface area contributed by atoms with Gasteiger partial charge in [-0.15, -0.1) is 0 Å². The number of aromatic nitrogens is 2. The van der Waals surface area contributed by atoms with Crippen molar-refractivity contribution in [2.45, 2.75) is 32.2 Å². The number of anilines is 3. The van der Waals surface area contributed by atoms with Crippen LogP contribution in [0.1, 0.15) is 19.4 Å². The van der Waals surface area contributed by atoms with Gasteiger partial charge < -0.3 is 19.4 Å². The van der Waals surface area contributed by atoms with Crippen molar-refractivity contribution in [3.8, 4) is 11.3 Å². The largest absolute Gasteiger partial charge is 0.419 e. The van der Waals surface area contributed by atoms with Crippen LogP contribution in [0.25, 0.3) is 11.3 Å². The van der Waals surface area contributed by atoms with Gasteiger partial charge in [0.25, 0.3) is 0 Å². The molecule has 4 heterocycles. The van der Waals surface area contributed by atoms with Crippen LogP contribution in [0.3, 0.4) is 0 Å². The maximum Gasteiger partial charge on any atom is 0.419 e. The number of alkyl halides is 3. The maximum absolute atomic E-state index is 13.9. The summed E-state index contributed by atoms with van der Waals surface area (Å²) in [5, 5.41) is 0.00862. The van der Waals surface area contributed by atoms with E-state index < -0.39 is 17.6 Å². The van der Waals surface area contributed by atoms with E-state index in [2.05, 4.69) is 14.8 Å². The minimum atomic E-state index is -4.47. The number of hydrogen-bond donors (Lipinski definition) is 0. The van der Waals surface area contributed by atoms with E-state index in [1.807, 2.05) is 26.0 Å². The van der Waals surface area contributed by atoms with Gasteiger partial charge in [0.2, 0.25) is 0 Å². The maximum atomic E-state index is 13.9. The SMILES string of the molecule is C[C@@H]1CN(c2cc(N3CCN(c4ncccc4C(F)(F)F)CC3)cc(-c3ccc(F)c(Cl)c3)n2)C[C@H](C)O1. The average Bonchev–Trinajstić information content (AvgIpc) is 2.89. The van der Waals surface area contributed by atoms with Crippen LogP contribution in [0.15, 0.2) is 48.7 Å². The molecule has 5 rings (SSSR count). The summed E-state index contributed by atoms with van der Waals surface area (Å²) in [6, 6.07) is 10.8. The highest BCUT2D eigenvalue weighted by Gasteiger charge is 2.36. The van der Waals surface area contributed by atoms with Crippen molar-refractivity contribution in [1.29, 1.82) is 0 Å². The number of ether oxygens (including phenoxy) is 1. The second-order valence-electron chi connectivity index (χ2n) is 9.71. The van der Waals surface area contributed by atoms with Crippen LogP contribution in [-0.4, -0.2) is 61.4 Å². The first-order valence-corrected chi connectivity index (χ1v) is 12.9. The number of pyridine rings is 2. The molecule has 0 amide bonds. The Morgan fingerprint density at radius 2 is 1.61 bits per heavy atom. The molecule has 2 atom stereocenters. The highest BCUT2D eigenvalue weighted by Crippen LogP contribution is 2.36. The predicted molar refractivity (Wildman–Crippen MR) is 141 cm³/mol. The minimum absolute atomic E-state index is 0.00862. The summed E-state index contributed by atoms with van der Waals surface area (Å²) >= 11 is 6.07. The Hall–Kier alpha value is -3.11. The topological polar surface area (TPSA) is 44.7 Å². The summed E-state index contributed by atoms with van der Waals surface area (Å²) in [5.74, 6) is 0.200. The summed E-state index contributed by atoms with van der Waals surface area (Å²) in [6.45, 7) is 7.10. The van der Waals surface area contributed by atoms with E-state index in [-0.39, 0.29) is 23.0 Å². The quantitative estimate of drug-likeness (QED) is 0.378. The number of rotatable bonds is 4. The lowest BCUT2D eigenvalue weighted by Crippen LogP contribution is -2.48. The Bertz CT molecular complexity index is 1290. The number of benzene rings is 1. The fourth-order valence-electron chi connectivity index (χ4n) is 5.06. The highest BCUT2D eigenvalue weighted by atomic mass is 35.5. The molecular formula is C27H28ClF4N5O. The molecule has 3 aromatic rings. The van der Waals surface area contributed by atoms with Crippen LogP contribution in [0.2, 0.25) is 5.02 Å². The van der Waals surface area contributed by atoms with E-state index in [4.69, 9.17) is 21.3 Å². The highest BCUT2D eigenvalue weighted by molar-refractivity contribution is 6.31. The summed E-state index contributed by atoms with van der Waals surface area (Å²) < 4.78 is 60.4. The smallest absolute Gasteiger partial charge is 0.372 e. The Morgan fingerprint density at radius 1 is 0.921 bits per heavy atom. The third-order valence-electron chi connectivity index (χ3n) is 6.79. The van der Waals surface area contributed by atoms with Crippen LogP contribution < -0.4 is 14.7 Å². The molecule has 0 saturated carbocycles. The molecule has 1 aromatic carbocycles. The number of hydrogen-bond acceptors (Lipinski definition) is 6. The van der Waals surface area contributed by atoms with Gasteiger partial charge in [0, 0.05) is 62.8 Å². The van der Waals surface area contributed by atoms with Gasteiger partial charge >= 0.3 is 6.18 Å². The van der Waals surface area contributed by atoms with Gasteiger partial charge in [0.15, 0.2) is 0 Å². The van der Waals surface area contributed by atoms with E-state index in [1.165, 1.54) is 18.3 Å². The predicted octanol–water partition coefficient (Wildman–Crippen LogP) is 5.90. The first-order chi connectivity index (χ1) is 18.1. The lowest BCUT2D eigenvalue weighted by Gasteiger charge is -2.39. The summed E-state index contributed by atoms with van der Waals surface area (Å²) in [7, 11) is 0. The zero-order chi connectivity index (χ0) is 27.0. The summed E-state index contributed by atoms with van der Waals surface area (Å²) in [5.41, 5.74) is 1.47. The van der Waals surface area contributed by atoms with Gasteiger partial charge in [-0.05, 0) is 50.2 Å². The van der Waals surface area contributed by atoms with Crippen molar-refractivity contribution in [1.82, 2.24) is 9.97 Å².